The van der Waals surface area contributed by atoms with Crippen LogP contribution >= 0.6 is 11.8 Å². The van der Waals surface area contributed by atoms with Crippen LogP contribution in [-0.4, -0.2) is 47.5 Å². The van der Waals surface area contributed by atoms with E-state index in [1.807, 2.05) is 11.8 Å². The lowest BCUT2D eigenvalue weighted by Crippen LogP contribution is -2.40. The van der Waals surface area contributed by atoms with Crippen molar-refractivity contribution in [3.05, 3.63) is 0 Å². The maximum Gasteiger partial charge on any atom is 0.157 e. The van der Waals surface area contributed by atoms with Crippen molar-refractivity contribution in [3.63, 3.8) is 0 Å². The van der Waals surface area contributed by atoms with Crippen molar-refractivity contribution in [1.29, 1.82) is 0 Å². The molecule has 1 aliphatic heterocycles. The molecular formula is C14H27N3S. The van der Waals surface area contributed by atoms with Gasteiger partial charge < -0.3 is 10.2 Å². The molecular weight excluding hydrogens is 242 g/mol. The van der Waals surface area contributed by atoms with Crippen LogP contribution in [0.3, 0.4) is 0 Å². The lowest BCUT2D eigenvalue weighted by atomic mass is 10.0. The van der Waals surface area contributed by atoms with Gasteiger partial charge in [0.25, 0.3) is 0 Å². The number of likely N-dealkylation sites (N-methyl/N-ethyl adjacent to an activating group) is 1. The molecule has 104 valence electrons. The Bertz CT molecular complexity index is 299. The fourth-order valence-electron chi connectivity index (χ4n) is 2.67. The van der Waals surface area contributed by atoms with E-state index in [1.165, 1.54) is 32.1 Å². The van der Waals surface area contributed by atoms with E-state index in [-0.39, 0.29) is 5.54 Å². The summed E-state index contributed by atoms with van der Waals surface area (Å²) in [7, 11) is 2.25. The van der Waals surface area contributed by atoms with Crippen LogP contribution in [0.4, 0.5) is 0 Å². The molecule has 2 fully saturated rings. The van der Waals surface area contributed by atoms with Crippen LogP contribution in [-0.2, 0) is 0 Å². The van der Waals surface area contributed by atoms with Gasteiger partial charge in [0, 0.05) is 23.9 Å². The molecule has 2 aliphatic rings. The van der Waals surface area contributed by atoms with Crippen LogP contribution in [0.1, 0.15) is 46.0 Å². The number of aliphatic imine (C=N–C) groups is 1. The van der Waals surface area contributed by atoms with Gasteiger partial charge >= 0.3 is 0 Å². The van der Waals surface area contributed by atoms with Gasteiger partial charge in [-0.25, -0.2) is 0 Å². The predicted molar refractivity (Wildman–Crippen MR) is 81.5 cm³/mol. The van der Waals surface area contributed by atoms with E-state index in [0.29, 0.717) is 0 Å². The summed E-state index contributed by atoms with van der Waals surface area (Å²) in [6, 6.07) is 0.815. The highest BCUT2D eigenvalue weighted by Gasteiger charge is 2.30. The first kappa shape index (κ1) is 14.2. The fourth-order valence-corrected chi connectivity index (χ4v) is 3.90. The quantitative estimate of drug-likeness (QED) is 0.831. The van der Waals surface area contributed by atoms with Crippen LogP contribution in [0.25, 0.3) is 0 Å². The zero-order valence-corrected chi connectivity index (χ0v) is 12.9. The summed E-state index contributed by atoms with van der Waals surface area (Å²) in [6.07, 6.45) is 6.76. The summed E-state index contributed by atoms with van der Waals surface area (Å²) >= 11 is 1.88. The first-order chi connectivity index (χ1) is 8.63. The summed E-state index contributed by atoms with van der Waals surface area (Å²) in [5, 5.41) is 4.71. The molecule has 18 heavy (non-hydrogen) atoms. The Labute approximate surface area is 116 Å². The molecule has 1 saturated carbocycles. The van der Waals surface area contributed by atoms with Gasteiger partial charge in [0.05, 0.1) is 6.54 Å². The minimum atomic E-state index is 0.265. The van der Waals surface area contributed by atoms with Gasteiger partial charge in [0.15, 0.2) is 5.17 Å². The van der Waals surface area contributed by atoms with Crippen LogP contribution in [0.15, 0.2) is 4.99 Å². The van der Waals surface area contributed by atoms with Crippen molar-refractivity contribution < 1.29 is 0 Å². The highest BCUT2D eigenvalue weighted by molar-refractivity contribution is 8.14. The lowest BCUT2D eigenvalue weighted by Gasteiger charge is -2.23. The minimum absolute atomic E-state index is 0.265. The molecule has 0 aromatic carbocycles. The topological polar surface area (TPSA) is 27.6 Å². The van der Waals surface area contributed by atoms with Gasteiger partial charge in [-0.15, -0.1) is 0 Å². The van der Waals surface area contributed by atoms with Gasteiger partial charge in [-0.05, 0) is 33.2 Å². The van der Waals surface area contributed by atoms with E-state index >= 15 is 0 Å². The highest BCUT2D eigenvalue weighted by Crippen LogP contribution is 2.25. The number of nitrogens with zero attached hydrogens (tertiary/aromatic N) is 2. The Balaban J connectivity index is 1.71. The van der Waals surface area contributed by atoms with Gasteiger partial charge in [0.2, 0.25) is 0 Å². The lowest BCUT2D eigenvalue weighted by molar-refractivity contribution is 0.252. The van der Waals surface area contributed by atoms with Crippen molar-refractivity contribution in [3.8, 4) is 0 Å². The molecule has 1 heterocycles. The minimum Gasteiger partial charge on any atom is -0.359 e. The van der Waals surface area contributed by atoms with E-state index < -0.39 is 0 Å². The Morgan fingerprint density at radius 2 is 2.17 bits per heavy atom. The molecule has 0 aromatic rings. The van der Waals surface area contributed by atoms with E-state index in [4.69, 9.17) is 4.99 Å². The smallest absolute Gasteiger partial charge is 0.157 e. The average molecular weight is 269 g/mol. The van der Waals surface area contributed by atoms with Gasteiger partial charge in [-0.1, -0.05) is 31.5 Å². The summed E-state index contributed by atoms with van der Waals surface area (Å²) in [4.78, 5) is 7.20. The Hall–Kier alpha value is -0.220. The second-order valence-electron chi connectivity index (χ2n) is 5.93. The third-order valence-electron chi connectivity index (χ3n) is 4.37. The number of nitrogens with one attached hydrogen (secondary N) is 1. The van der Waals surface area contributed by atoms with Crippen molar-refractivity contribution in [2.24, 2.45) is 4.99 Å². The van der Waals surface area contributed by atoms with Gasteiger partial charge in [0.1, 0.15) is 0 Å². The molecule has 0 radical (unpaired) electrons. The molecule has 1 saturated heterocycles. The summed E-state index contributed by atoms with van der Waals surface area (Å²) in [5.74, 6) is 1.15. The molecule has 0 aromatic heterocycles. The number of thioether (sulfide) groups is 1. The van der Waals surface area contributed by atoms with Crippen molar-refractivity contribution in [1.82, 2.24) is 10.2 Å². The molecule has 1 aliphatic carbocycles. The molecule has 1 N–H and O–H groups in total. The van der Waals surface area contributed by atoms with Crippen LogP contribution in [0.2, 0.25) is 0 Å². The third-order valence-corrected chi connectivity index (χ3v) is 5.66. The normalized spacial score (nSPS) is 31.4. The number of amidine groups is 1. The summed E-state index contributed by atoms with van der Waals surface area (Å²) < 4.78 is 0. The molecule has 3 nitrogen and oxygen atoms in total. The van der Waals surface area contributed by atoms with Crippen molar-refractivity contribution in [2.45, 2.75) is 57.5 Å². The Morgan fingerprint density at radius 1 is 1.44 bits per heavy atom. The molecule has 0 amide bonds. The van der Waals surface area contributed by atoms with Crippen molar-refractivity contribution >= 4 is 16.9 Å². The van der Waals surface area contributed by atoms with E-state index in [0.717, 1.165) is 30.1 Å². The second-order valence-corrected chi connectivity index (χ2v) is 6.90. The maximum absolute atomic E-state index is 4.70. The molecule has 0 bridgehead atoms. The van der Waals surface area contributed by atoms with E-state index in [1.54, 1.807) is 0 Å². The van der Waals surface area contributed by atoms with Crippen LogP contribution in [0.5, 0.6) is 0 Å². The molecule has 0 spiro atoms. The van der Waals surface area contributed by atoms with Crippen LogP contribution in [0, 0.1) is 0 Å². The standard InChI is InChI=1S/C14H27N3S/c1-4-14(2)11-18-13(16-14)15-9-10-17(3)12-7-5-6-8-12/h12H,4-11H2,1-3H3,(H,15,16). The third kappa shape index (κ3) is 3.64. The van der Waals surface area contributed by atoms with Crippen LogP contribution < -0.4 is 5.32 Å². The SMILES string of the molecule is CCC1(C)CSC(=NCCN(C)C2CCCC2)N1. The average Bonchev–Trinajstić information content (AvgIpc) is 2.99. The van der Waals surface area contributed by atoms with E-state index in [2.05, 4.69) is 31.1 Å². The highest BCUT2D eigenvalue weighted by atomic mass is 32.2. The monoisotopic (exact) mass is 269 g/mol. The molecule has 1 unspecified atom stereocenters. The first-order valence-electron chi connectivity index (χ1n) is 7.28. The van der Waals surface area contributed by atoms with Gasteiger partial charge in [-0.2, -0.15) is 0 Å². The van der Waals surface area contributed by atoms with E-state index in [9.17, 15) is 0 Å². The predicted octanol–water partition coefficient (Wildman–Crippen LogP) is 2.72. The zero-order valence-electron chi connectivity index (χ0n) is 12.0. The Morgan fingerprint density at radius 3 is 2.78 bits per heavy atom. The molecule has 1 atom stereocenters. The first-order valence-corrected chi connectivity index (χ1v) is 8.27. The summed E-state index contributed by atoms with van der Waals surface area (Å²) in [5.41, 5.74) is 0.265. The molecule has 4 heteroatoms. The van der Waals surface area contributed by atoms with Crippen molar-refractivity contribution in [2.75, 3.05) is 25.9 Å². The molecule has 2 rings (SSSR count). The second kappa shape index (κ2) is 6.29. The fraction of sp³-hybridized carbons (Fsp3) is 0.929. The largest absolute Gasteiger partial charge is 0.359 e. The Kier molecular flexibility index (Phi) is 4.96. The van der Waals surface area contributed by atoms with Gasteiger partial charge in [-0.3, -0.25) is 4.99 Å². The zero-order chi connectivity index (χ0) is 13.0. The number of hydrogen-bond donors (Lipinski definition) is 1. The summed E-state index contributed by atoms with van der Waals surface area (Å²) in [6.45, 7) is 6.55. The maximum atomic E-state index is 4.70. The number of rotatable bonds is 5. The number of hydrogen-bond acceptors (Lipinski definition) is 3.